The first-order valence-corrected chi connectivity index (χ1v) is 11.9. The van der Waals surface area contributed by atoms with Crippen molar-refractivity contribution < 1.29 is 23.0 Å². The minimum absolute atomic E-state index is 0.0707. The van der Waals surface area contributed by atoms with Crippen molar-refractivity contribution in [1.29, 1.82) is 0 Å². The molecular formula is C25H26F2N4O3S. The van der Waals surface area contributed by atoms with Gasteiger partial charge in [0.05, 0.1) is 28.8 Å². The number of ether oxygens (including phenoxy) is 2. The third kappa shape index (κ3) is 4.62. The number of aryl methyl sites for hydroxylation is 1. The van der Waals surface area contributed by atoms with Gasteiger partial charge in [0, 0.05) is 25.0 Å². The fraction of sp³-hybridized carbons (Fsp3) is 0.440. The molecule has 0 saturated heterocycles. The van der Waals surface area contributed by atoms with Gasteiger partial charge in [-0.1, -0.05) is 17.7 Å². The first kappa shape index (κ1) is 25.1. The van der Waals surface area contributed by atoms with Gasteiger partial charge in [-0.3, -0.25) is 9.79 Å². The Morgan fingerprint density at radius 1 is 1.43 bits per heavy atom. The Kier molecular flexibility index (Phi) is 6.60. The molecule has 4 rings (SSSR count). The summed E-state index contributed by atoms with van der Waals surface area (Å²) in [5.74, 6) is 0.0920. The summed E-state index contributed by atoms with van der Waals surface area (Å²) in [6, 6.07) is 2.52. The number of ketones is 1. The number of aromatic nitrogens is 2. The summed E-state index contributed by atoms with van der Waals surface area (Å²) < 4.78 is 40.3. The second-order valence-corrected chi connectivity index (χ2v) is 10.5. The lowest BCUT2D eigenvalue weighted by molar-refractivity contribution is 0.0986. The summed E-state index contributed by atoms with van der Waals surface area (Å²) in [5, 5.41) is 0.298. The van der Waals surface area contributed by atoms with Crippen molar-refractivity contribution in [1.82, 2.24) is 9.97 Å². The van der Waals surface area contributed by atoms with E-state index in [2.05, 4.69) is 20.9 Å². The summed E-state index contributed by atoms with van der Waals surface area (Å²) in [6.07, 6.45) is 6.62. The van der Waals surface area contributed by atoms with E-state index in [4.69, 9.17) is 21.6 Å². The van der Waals surface area contributed by atoms with Gasteiger partial charge in [-0.2, -0.15) is 0 Å². The molecular weight excluding hydrogens is 474 g/mol. The fourth-order valence-electron chi connectivity index (χ4n) is 4.72. The maximum absolute atomic E-state index is 15.1. The Morgan fingerprint density at radius 2 is 2.17 bits per heavy atom. The predicted octanol–water partition coefficient (Wildman–Crippen LogP) is 3.57. The Labute approximate surface area is 206 Å². The molecule has 10 heteroatoms. The number of fused-ring (bicyclic) bond motifs is 1. The number of hydrogen-bond acceptors (Lipinski definition) is 8. The molecule has 1 aromatic heterocycles. The van der Waals surface area contributed by atoms with E-state index in [1.54, 1.807) is 27.9 Å². The van der Waals surface area contributed by atoms with E-state index >= 15 is 4.39 Å². The number of carbonyl (C=O) groups excluding carboxylic acids is 1. The fourth-order valence-corrected chi connectivity index (χ4v) is 6.17. The van der Waals surface area contributed by atoms with Crippen molar-refractivity contribution >= 4 is 22.7 Å². The standard InChI is InChI=1S/C25H26F2N4O3S/c1-6-13(2)34-20-11-29-22(14(3)30-20)18(32)9-15-7-16(21(27)17(26)8-15)24(4)19-10-25(19,12-33-5)35-23(28)31-24/h1,7-8,11,13,19H,9-10,12H2,2-5H3,(H2,28,31)/t13-,19-,24+,25+/m0/s1. The molecule has 1 aromatic carbocycles. The topological polar surface area (TPSA) is 99.7 Å². The highest BCUT2D eigenvalue weighted by Crippen LogP contribution is 2.66. The zero-order valence-electron chi connectivity index (χ0n) is 19.9. The van der Waals surface area contributed by atoms with Crippen LogP contribution in [0.15, 0.2) is 23.3 Å². The van der Waals surface area contributed by atoms with E-state index < -0.39 is 29.1 Å². The maximum atomic E-state index is 15.1. The first-order valence-electron chi connectivity index (χ1n) is 11.0. The zero-order chi connectivity index (χ0) is 25.5. The highest BCUT2D eigenvalue weighted by atomic mass is 32.2. The zero-order valence-corrected chi connectivity index (χ0v) is 20.7. The van der Waals surface area contributed by atoms with E-state index in [1.807, 2.05) is 0 Å². The molecule has 1 saturated carbocycles. The van der Waals surface area contributed by atoms with Gasteiger partial charge in [0.15, 0.2) is 28.7 Å². The van der Waals surface area contributed by atoms with Gasteiger partial charge in [-0.15, -0.1) is 6.42 Å². The lowest BCUT2D eigenvalue weighted by Crippen LogP contribution is -2.38. The van der Waals surface area contributed by atoms with Crippen molar-refractivity contribution in [2.75, 3.05) is 13.7 Å². The van der Waals surface area contributed by atoms with Crippen LogP contribution < -0.4 is 10.5 Å². The molecule has 4 atom stereocenters. The van der Waals surface area contributed by atoms with Crippen molar-refractivity contribution in [3.8, 4) is 18.2 Å². The number of rotatable bonds is 8. The Hall–Kier alpha value is -3.03. The molecule has 1 aliphatic carbocycles. The monoisotopic (exact) mass is 500 g/mol. The van der Waals surface area contributed by atoms with Crippen molar-refractivity contribution in [2.24, 2.45) is 16.6 Å². The van der Waals surface area contributed by atoms with E-state index in [9.17, 15) is 9.18 Å². The average molecular weight is 501 g/mol. The smallest absolute Gasteiger partial charge is 0.233 e. The van der Waals surface area contributed by atoms with E-state index in [1.165, 1.54) is 24.0 Å². The highest BCUT2D eigenvalue weighted by Gasteiger charge is 2.66. The van der Waals surface area contributed by atoms with Crippen LogP contribution in [0.5, 0.6) is 5.88 Å². The van der Waals surface area contributed by atoms with Crippen LogP contribution in [0.25, 0.3) is 0 Å². The molecule has 1 fully saturated rings. The number of aliphatic imine (C=N–C) groups is 1. The predicted molar refractivity (Wildman–Crippen MR) is 129 cm³/mol. The lowest BCUT2D eigenvalue weighted by atomic mass is 9.84. The Bertz CT molecular complexity index is 1260. The summed E-state index contributed by atoms with van der Waals surface area (Å²) in [7, 11) is 1.59. The number of amidine groups is 1. The largest absolute Gasteiger partial charge is 0.460 e. The highest BCUT2D eigenvalue weighted by molar-refractivity contribution is 8.15. The minimum atomic E-state index is -1.08. The third-order valence-electron chi connectivity index (χ3n) is 6.46. The Balaban J connectivity index is 1.63. The van der Waals surface area contributed by atoms with Gasteiger partial charge in [-0.25, -0.2) is 18.7 Å². The van der Waals surface area contributed by atoms with Gasteiger partial charge < -0.3 is 15.2 Å². The summed E-state index contributed by atoms with van der Waals surface area (Å²) >= 11 is 1.41. The molecule has 0 spiro atoms. The van der Waals surface area contributed by atoms with Crippen LogP contribution in [-0.2, 0) is 16.7 Å². The van der Waals surface area contributed by atoms with Crippen LogP contribution in [0.1, 0.15) is 47.6 Å². The van der Waals surface area contributed by atoms with Gasteiger partial charge in [0.1, 0.15) is 5.69 Å². The molecule has 0 unspecified atom stereocenters. The molecule has 184 valence electrons. The summed E-state index contributed by atoms with van der Waals surface area (Å²) in [5.41, 5.74) is 5.83. The van der Waals surface area contributed by atoms with Crippen molar-refractivity contribution in [3.05, 3.63) is 52.5 Å². The second kappa shape index (κ2) is 9.21. The maximum Gasteiger partial charge on any atom is 0.233 e. The van der Waals surface area contributed by atoms with Crippen LogP contribution in [-0.4, -0.2) is 45.5 Å². The number of methoxy groups -OCH3 is 1. The van der Waals surface area contributed by atoms with Crippen LogP contribution in [0.2, 0.25) is 0 Å². The van der Waals surface area contributed by atoms with Crippen molar-refractivity contribution in [2.45, 2.75) is 50.0 Å². The van der Waals surface area contributed by atoms with Crippen LogP contribution >= 0.6 is 11.8 Å². The van der Waals surface area contributed by atoms with E-state index in [-0.39, 0.29) is 34.2 Å². The number of halogens is 2. The lowest BCUT2D eigenvalue weighted by Gasteiger charge is -2.34. The number of terminal acetylenes is 1. The van der Waals surface area contributed by atoms with Crippen LogP contribution in [0, 0.1) is 36.8 Å². The molecule has 2 N–H and O–H groups in total. The number of thioether (sulfide) groups is 1. The quantitative estimate of drug-likeness (QED) is 0.437. The number of Topliss-reactive ketones (excluding diaryl/α,β-unsaturated/α-hetero) is 1. The normalized spacial score (nSPS) is 25.7. The number of nitrogens with two attached hydrogens (primary N) is 1. The summed E-state index contributed by atoms with van der Waals surface area (Å²) in [6.45, 7) is 5.47. The summed E-state index contributed by atoms with van der Waals surface area (Å²) in [4.78, 5) is 25.9. The molecule has 0 bridgehead atoms. The van der Waals surface area contributed by atoms with E-state index in [0.29, 0.717) is 29.5 Å². The molecule has 0 amide bonds. The number of hydrogen-bond donors (Lipinski definition) is 1. The van der Waals surface area contributed by atoms with Crippen LogP contribution in [0.3, 0.4) is 0 Å². The second-order valence-electron chi connectivity index (χ2n) is 9.06. The van der Waals surface area contributed by atoms with Crippen LogP contribution in [0.4, 0.5) is 8.78 Å². The Morgan fingerprint density at radius 3 is 2.83 bits per heavy atom. The molecule has 35 heavy (non-hydrogen) atoms. The molecule has 2 aromatic rings. The molecule has 7 nitrogen and oxygen atoms in total. The molecule has 0 radical (unpaired) electrons. The average Bonchev–Trinajstić information content (AvgIpc) is 3.50. The van der Waals surface area contributed by atoms with Gasteiger partial charge >= 0.3 is 0 Å². The van der Waals surface area contributed by atoms with Crippen molar-refractivity contribution in [3.63, 3.8) is 0 Å². The molecule has 1 aliphatic heterocycles. The first-order chi connectivity index (χ1) is 16.5. The minimum Gasteiger partial charge on any atom is -0.460 e. The molecule has 2 aliphatic rings. The number of carbonyl (C=O) groups is 1. The SMILES string of the molecule is C#C[C@H](C)Oc1cnc(C(=O)Cc2cc(F)c(F)c([C@@]3(C)N=C(N)S[C@@]4(COC)C[C@H]43)c2)c(C)n1. The number of benzene rings is 1. The van der Waals surface area contributed by atoms with Gasteiger partial charge in [0.2, 0.25) is 5.88 Å². The molecule has 2 heterocycles. The third-order valence-corrected chi connectivity index (χ3v) is 7.74. The van der Waals surface area contributed by atoms with E-state index in [0.717, 1.165) is 6.07 Å². The van der Waals surface area contributed by atoms with Gasteiger partial charge in [0.25, 0.3) is 0 Å². The van der Waals surface area contributed by atoms with Gasteiger partial charge in [-0.05, 0) is 44.9 Å². The number of nitrogens with zero attached hydrogens (tertiary/aromatic N) is 3.